The maximum atomic E-state index is 12.0. The van der Waals surface area contributed by atoms with E-state index >= 15 is 0 Å². The summed E-state index contributed by atoms with van der Waals surface area (Å²) in [6.07, 6.45) is 1.84. The lowest BCUT2D eigenvalue weighted by Gasteiger charge is -2.34. The summed E-state index contributed by atoms with van der Waals surface area (Å²) >= 11 is 0. The lowest BCUT2D eigenvalue weighted by Crippen LogP contribution is -2.42. The van der Waals surface area contributed by atoms with Crippen molar-refractivity contribution in [1.82, 2.24) is 9.47 Å². The van der Waals surface area contributed by atoms with Crippen LogP contribution in [0.5, 0.6) is 0 Å². The minimum atomic E-state index is -0.431. The molecule has 1 aromatic rings. The molecule has 2 rings (SSSR count). The zero-order chi connectivity index (χ0) is 12.6. The predicted molar refractivity (Wildman–Crippen MR) is 65.8 cm³/mol. The van der Waals surface area contributed by atoms with Gasteiger partial charge in [0.2, 0.25) is 0 Å². The molecule has 0 aromatic carbocycles. The molecule has 1 aromatic heterocycles. The Labute approximate surface area is 102 Å². The lowest BCUT2D eigenvalue weighted by molar-refractivity contribution is 0.0174. The summed E-state index contributed by atoms with van der Waals surface area (Å²) in [6.45, 7) is 9.12. The molecule has 17 heavy (non-hydrogen) atoms. The van der Waals surface area contributed by atoms with Crippen molar-refractivity contribution in [3.05, 3.63) is 24.0 Å². The molecule has 0 N–H and O–H groups in total. The van der Waals surface area contributed by atoms with Crippen LogP contribution in [-0.2, 0) is 11.3 Å². The van der Waals surface area contributed by atoms with Crippen LogP contribution in [0.4, 0.5) is 4.79 Å². The van der Waals surface area contributed by atoms with Crippen LogP contribution in [0.3, 0.4) is 0 Å². The first kappa shape index (κ1) is 12.0. The van der Waals surface area contributed by atoms with Crippen LogP contribution in [0.2, 0.25) is 0 Å². The molecule has 1 aliphatic heterocycles. The quantitative estimate of drug-likeness (QED) is 0.694. The average molecular weight is 236 g/mol. The zero-order valence-corrected chi connectivity index (χ0v) is 10.9. The number of hydrogen-bond donors (Lipinski definition) is 0. The van der Waals surface area contributed by atoms with E-state index in [4.69, 9.17) is 4.74 Å². The van der Waals surface area contributed by atoms with E-state index in [1.807, 2.05) is 32.9 Å². The summed E-state index contributed by atoms with van der Waals surface area (Å²) in [5.41, 5.74) is 0.731. The van der Waals surface area contributed by atoms with Crippen LogP contribution in [0.1, 0.15) is 39.4 Å². The molecule has 0 radical (unpaired) electrons. The number of ether oxygens (including phenoxy) is 1. The molecule has 0 fully saturated rings. The molecule has 2 heterocycles. The highest BCUT2D eigenvalue weighted by Gasteiger charge is 2.28. The molecule has 0 saturated carbocycles. The predicted octanol–water partition coefficient (Wildman–Crippen LogP) is 2.80. The normalized spacial score (nSPS) is 20.0. The molecule has 4 heteroatoms. The average Bonchev–Trinajstić information content (AvgIpc) is 2.63. The van der Waals surface area contributed by atoms with Gasteiger partial charge in [0.05, 0.1) is 6.54 Å². The second-order valence-corrected chi connectivity index (χ2v) is 5.62. The molecule has 94 valence electrons. The van der Waals surface area contributed by atoms with Gasteiger partial charge < -0.3 is 14.2 Å². The number of nitrogens with zero attached hydrogens (tertiary/aromatic N) is 2. The van der Waals surface area contributed by atoms with Crippen LogP contribution in [0.15, 0.2) is 18.3 Å². The molecule has 0 spiro atoms. The van der Waals surface area contributed by atoms with Gasteiger partial charge in [0.1, 0.15) is 5.60 Å². The maximum Gasteiger partial charge on any atom is 0.410 e. The molecule has 4 nitrogen and oxygen atoms in total. The summed E-state index contributed by atoms with van der Waals surface area (Å²) in [4.78, 5) is 13.8. The molecule has 1 atom stereocenters. The van der Waals surface area contributed by atoms with Gasteiger partial charge in [-0.1, -0.05) is 0 Å². The van der Waals surface area contributed by atoms with Crippen LogP contribution in [0, 0.1) is 0 Å². The standard InChI is InChI=1S/C13H20N2O2/c1-10-8-14(12(16)17-13(2,3)4)9-11-6-5-7-15(10)11/h5-7,10H,8-9H2,1-4H3. The topological polar surface area (TPSA) is 34.5 Å². The van der Waals surface area contributed by atoms with Crippen LogP contribution < -0.4 is 0 Å². The van der Waals surface area contributed by atoms with Crippen LogP contribution in [0.25, 0.3) is 0 Å². The van der Waals surface area contributed by atoms with E-state index in [0.29, 0.717) is 19.1 Å². The van der Waals surface area contributed by atoms with Crippen molar-refractivity contribution >= 4 is 6.09 Å². The smallest absolute Gasteiger partial charge is 0.410 e. The highest BCUT2D eigenvalue weighted by molar-refractivity contribution is 5.68. The molecule has 1 unspecified atom stereocenters. The van der Waals surface area contributed by atoms with Crippen LogP contribution in [-0.4, -0.2) is 27.7 Å². The van der Waals surface area contributed by atoms with Gasteiger partial charge >= 0.3 is 6.09 Å². The fraction of sp³-hybridized carbons (Fsp3) is 0.615. The number of aromatic nitrogens is 1. The van der Waals surface area contributed by atoms with Gasteiger partial charge in [-0.3, -0.25) is 0 Å². The van der Waals surface area contributed by atoms with E-state index in [9.17, 15) is 4.79 Å². The van der Waals surface area contributed by atoms with Crippen molar-refractivity contribution in [2.75, 3.05) is 6.54 Å². The molecule has 1 amide bonds. The number of carbonyl (C=O) groups is 1. The second-order valence-electron chi connectivity index (χ2n) is 5.62. The monoisotopic (exact) mass is 236 g/mol. The van der Waals surface area contributed by atoms with Gasteiger partial charge in [0.25, 0.3) is 0 Å². The molecular weight excluding hydrogens is 216 g/mol. The van der Waals surface area contributed by atoms with Crippen molar-refractivity contribution in [3.63, 3.8) is 0 Å². The van der Waals surface area contributed by atoms with E-state index in [0.717, 1.165) is 5.69 Å². The summed E-state index contributed by atoms with van der Waals surface area (Å²) in [7, 11) is 0. The molecule has 0 aliphatic carbocycles. The van der Waals surface area contributed by atoms with E-state index in [1.54, 1.807) is 4.90 Å². The number of fused-ring (bicyclic) bond motifs is 1. The second kappa shape index (κ2) is 4.09. The third-order valence-electron chi connectivity index (χ3n) is 2.83. The Morgan fingerprint density at radius 1 is 1.47 bits per heavy atom. The Bertz CT molecular complexity index is 417. The van der Waals surface area contributed by atoms with E-state index < -0.39 is 5.60 Å². The van der Waals surface area contributed by atoms with Crippen molar-refractivity contribution in [3.8, 4) is 0 Å². The first-order valence-corrected chi connectivity index (χ1v) is 6.00. The van der Waals surface area contributed by atoms with E-state index in [-0.39, 0.29) is 6.09 Å². The van der Waals surface area contributed by atoms with E-state index in [2.05, 4.69) is 17.7 Å². The summed E-state index contributed by atoms with van der Waals surface area (Å²) in [5, 5.41) is 0. The SMILES string of the molecule is CC1CN(C(=O)OC(C)(C)C)Cc2cccn21. The fourth-order valence-corrected chi connectivity index (χ4v) is 2.13. The first-order valence-electron chi connectivity index (χ1n) is 6.00. The fourth-order valence-electron chi connectivity index (χ4n) is 2.13. The molecule has 0 bridgehead atoms. The van der Waals surface area contributed by atoms with E-state index in [1.165, 1.54) is 0 Å². The Hall–Kier alpha value is -1.45. The number of rotatable bonds is 0. The van der Waals surface area contributed by atoms with Crippen molar-refractivity contribution in [1.29, 1.82) is 0 Å². The highest BCUT2D eigenvalue weighted by atomic mass is 16.6. The van der Waals surface area contributed by atoms with Gasteiger partial charge in [0, 0.05) is 24.5 Å². The van der Waals surface area contributed by atoms with Gasteiger partial charge in [-0.2, -0.15) is 0 Å². The third kappa shape index (κ3) is 2.62. The minimum absolute atomic E-state index is 0.225. The Morgan fingerprint density at radius 3 is 2.82 bits per heavy atom. The number of hydrogen-bond acceptors (Lipinski definition) is 2. The summed E-state index contributed by atoms with van der Waals surface area (Å²) in [6, 6.07) is 4.37. The molecule has 0 saturated heterocycles. The first-order chi connectivity index (χ1) is 7.87. The van der Waals surface area contributed by atoms with Gasteiger partial charge in [0.15, 0.2) is 0 Å². The largest absolute Gasteiger partial charge is 0.444 e. The molecular formula is C13H20N2O2. The Kier molecular flexibility index (Phi) is 2.89. The third-order valence-corrected chi connectivity index (χ3v) is 2.83. The molecule has 1 aliphatic rings. The summed E-state index contributed by atoms with van der Waals surface area (Å²) < 4.78 is 7.60. The van der Waals surface area contributed by atoms with Gasteiger partial charge in [-0.05, 0) is 39.8 Å². The Morgan fingerprint density at radius 2 is 2.18 bits per heavy atom. The van der Waals surface area contributed by atoms with Crippen molar-refractivity contribution in [2.24, 2.45) is 0 Å². The highest BCUT2D eigenvalue weighted by Crippen LogP contribution is 2.22. The van der Waals surface area contributed by atoms with Gasteiger partial charge in [-0.25, -0.2) is 4.79 Å². The minimum Gasteiger partial charge on any atom is -0.444 e. The Balaban J connectivity index is 2.09. The van der Waals surface area contributed by atoms with Crippen molar-refractivity contribution < 1.29 is 9.53 Å². The lowest BCUT2D eigenvalue weighted by atomic mass is 10.2. The zero-order valence-electron chi connectivity index (χ0n) is 10.9. The maximum absolute atomic E-state index is 12.0. The van der Waals surface area contributed by atoms with Crippen LogP contribution >= 0.6 is 0 Å². The van der Waals surface area contributed by atoms with Gasteiger partial charge in [-0.15, -0.1) is 0 Å². The van der Waals surface area contributed by atoms with Crippen molar-refractivity contribution in [2.45, 2.75) is 45.9 Å². The number of carbonyl (C=O) groups excluding carboxylic acids is 1. The summed E-state index contributed by atoms with van der Waals surface area (Å²) in [5.74, 6) is 0. The number of amides is 1.